The van der Waals surface area contributed by atoms with Crippen LogP contribution in [-0.2, 0) is 4.79 Å². The Kier molecular flexibility index (Phi) is 5.91. The van der Waals surface area contributed by atoms with E-state index in [1.165, 1.54) is 12.1 Å². The van der Waals surface area contributed by atoms with Gasteiger partial charge in [-0.05, 0) is 61.8 Å². The predicted octanol–water partition coefficient (Wildman–Crippen LogP) is 3.89. The van der Waals surface area contributed by atoms with Gasteiger partial charge in [0.1, 0.15) is 11.6 Å². The predicted molar refractivity (Wildman–Crippen MR) is 108 cm³/mol. The van der Waals surface area contributed by atoms with Crippen molar-refractivity contribution in [3.8, 4) is 5.75 Å². The number of amides is 1. The molecule has 2 aromatic carbocycles. The summed E-state index contributed by atoms with van der Waals surface area (Å²) >= 11 is 5.42. The number of aromatic hydroxyl groups is 1. The lowest BCUT2D eigenvalue weighted by Crippen LogP contribution is -2.43. The number of para-hydroxylation sites is 2. The lowest BCUT2D eigenvalue weighted by Gasteiger charge is -2.33. The molecule has 142 valence electrons. The number of aryl methyl sites for hydroxylation is 1. The maximum Gasteiger partial charge on any atom is 0.227 e. The molecule has 5 nitrogen and oxygen atoms in total. The second kappa shape index (κ2) is 8.35. The fourth-order valence-corrected chi connectivity index (χ4v) is 3.33. The lowest BCUT2D eigenvalue weighted by atomic mass is 9.96. The molecule has 1 aliphatic heterocycles. The zero-order valence-corrected chi connectivity index (χ0v) is 15.9. The molecule has 0 saturated carbocycles. The zero-order chi connectivity index (χ0) is 19.4. The molecule has 1 aliphatic rings. The average Bonchev–Trinajstić information content (AvgIpc) is 2.66. The third-order valence-corrected chi connectivity index (χ3v) is 5.10. The number of thiocarbonyl (C=S) groups is 1. The summed E-state index contributed by atoms with van der Waals surface area (Å²) in [6.07, 6.45) is 1.31. The van der Waals surface area contributed by atoms with Crippen LogP contribution in [0.5, 0.6) is 5.75 Å². The van der Waals surface area contributed by atoms with Gasteiger partial charge in [-0.2, -0.15) is 0 Å². The highest BCUT2D eigenvalue weighted by Crippen LogP contribution is 2.25. The van der Waals surface area contributed by atoms with E-state index in [2.05, 4.69) is 10.6 Å². The van der Waals surface area contributed by atoms with Crippen LogP contribution in [0.2, 0.25) is 0 Å². The smallest absolute Gasteiger partial charge is 0.227 e. The lowest BCUT2D eigenvalue weighted by molar-refractivity contribution is -0.121. The van der Waals surface area contributed by atoms with Crippen molar-refractivity contribution in [3.63, 3.8) is 0 Å². The summed E-state index contributed by atoms with van der Waals surface area (Å²) in [6, 6.07) is 11.6. The van der Waals surface area contributed by atoms with E-state index in [-0.39, 0.29) is 23.4 Å². The molecule has 1 heterocycles. The van der Waals surface area contributed by atoms with Gasteiger partial charge in [-0.25, -0.2) is 4.39 Å². The van der Waals surface area contributed by atoms with Crippen molar-refractivity contribution in [2.75, 3.05) is 23.7 Å². The number of phenolic OH excluding ortho intramolecular Hbond substituents is 1. The van der Waals surface area contributed by atoms with Gasteiger partial charge in [0.15, 0.2) is 5.11 Å². The van der Waals surface area contributed by atoms with Crippen LogP contribution in [0.4, 0.5) is 15.8 Å². The number of likely N-dealkylation sites (tertiary alicyclic amines) is 1. The Labute approximate surface area is 163 Å². The molecule has 1 amide bonds. The van der Waals surface area contributed by atoms with E-state index in [0.29, 0.717) is 48.0 Å². The van der Waals surface area contributed by atoms with Crippen LogP contribution in [0.1, 0.15) is 18.4 Å². The molecule has 0 atom stereocenters. The van der Waals surface area contributed by atoms with Crippen molar-refractivity contribution in [1.82, 2.24) is 4.90 Å². The molecule has 1 fully saturated rings. The molecule has 7 heteroatoms. The zero-order valence-electron chi connectivity index (χ0n) is 15.0. The number of rotatable bonds is 3. The number of nitrogens with one attached hydrogen (secondary N) is 2. The average molecular weight is 387 g/mol. The highest BCUT2D eigenvalue weighted by molar-refractivity contribution is 7.80. The summed E-state index contributed by atoms with van der Waals surface area (Å²) in [6.45, 7) is 2.99. The van der Waals surface area contributed by atoms with Crippen LogP contribution in [-0.4, -0.2) is 34.1 Å². The second-order valence-electron chi connectivity index (χ2n) is 6.66. The number of benzene rings is 2. The highest BCUT2D eigenvalue weighted by atomic mass is 32.1. The van der Waals surface area contributed by atoms with Crippen LogP contribution < -0.4 is 10.6 Å². The first-order valence-corrected chi connectivity index (χ1v) is 9.26. The standard InChI is InChI=1S/C20H22FN3O2S/c1-13-6-7-15(12-16(13)21)22-20(27)24-10-8-14(9-11-24)19(26)23-17-4-2-3-5-18(17)25/h2-7,12,14,25H,8-11H2,1H3,(H,22,27)(H,23,26). The van der Waals surface area contributed by atoms with Crippen LogP contribution in [0, 0.1) is 18.7 Å². The van der Waals surface area contributed by atoms with Crippen molar-refractivity contribution >= 4 is 34.6 Å². The summed E-state index contributed by atoms with van der Waals surface area (Å²) < 4.78 is 13.7. The fraction of sp³-hybridized carbons (Fsp3) is 0.300. The maximum atomic E-state index is 13.7. The van der Waals surface area contributed by atoms with Crippen LogP contribution in [0.3, 0.4) is 0 Å². The number of piperidine rings is 1. The molecule has 2 aromatic rings. The minimum absolute atomic E-state index is 0.0546. The van der Waals surface area contributed by atoms with E-state index in [1.807, 2.05) is 4.90 Å². The first kappa shape index (κ1) is 19.1. The minimum atomic E-state index is -0.276. The van der Waals surface area contributed by atoms with E-state index in [4.69, 9.17) is 12.2 Å². The van der Waals surface area contributed by atoms with Gasteiger partial charge in [-0.1, -0.05) is 18.2 Å². The molecule has 0 bridgehead atoms. The monoisotopic (exact) mass is 387 g/mol. The number of nitrogens with zero attached hydrogens (tertiary/aromatic N) is 1. The summed E-state index contributed by atoms with van der Waals surface area (Å²) in [5.41, 5.74) is 1.62. The highest BCUT2D eigenvalue weighted by Gasteiger charge is 2.26. The number of hydrogen-bond acceptors (Lipinski definition) is 3. The minimum Gasteiger partial charge on any atom is -0.506 e. The summed E-state index contributed by atoms with van der Waals surface area (Å²) in [5.74, 6) is -0.461. The third-order valence-electron chi connectivity index (χ3n) is 4.74. The summed E-state index contributed by atoms with van der Waals surface area (Å²) in [7, 11) is 0. The second-order valence-corrected chi connectivity index (χ2v) is 7.05. The molecule has 1 saturated heterocycles. The van der Waals surface area contributed by atoms with E-state index < -0.39 is 0 Å². The Morgan fingerprint density at radius 3 is 2.56 bits per heavy atom. The topological polar surface area (TPSA) is 64.6 Å². The molecule has 0 aliphatic carbocycles. The van der Waals surface area contributed by atoms with E-state index in [1.54, 1.807) is 37.3 Å². The van der Waals surface area contributed by atoms with E-state index >= 15 is 0 Å². The quantitative estimate of drug-likeness (QED) is 0.551. The Morgan fingerprint density at radius 1 is 1.19 bits per heavy atom. The van der Waals surface area contributed by atoms with Gasteiger partial charge in [0.05, 0.1) is 5.69 Å². The van der Waals surface area contributed by atoms with Gasteiger partial charge in [0.2, 0.25) is 5.91 Å². The molecular weight excluding hydrogens is 365 g/mol. The molecule has 0 spiro atoms. The Morgan fingerprint density at radius 2 is 1.89 bits per heavy atom. The van der Waals surface area contributed by atoms with Crippen molar-refractivity contribution in [3.05, 3.63) is 53.8 Å². The van der Waals surface area contributed by atoms with Crippen molar-refractivity contribution in [1.29, 1.82) is 0 Å². The molecule has 27 heavy (non-hydrogen) atoms. The Hall–Kier alpha value is -2.67. The SMILES string of the molecule is Cc1ccc(NC(=S)N2CCC(C(=O)Nc3ccccc3O)CC2)cc1F. The van der Waals surface area contributed by atoms with Gasteiger partial charge >= 0.3 is 0 Å². The molecule has 0 unspecified atom stereocenters. The van der Waals surface area contributed by atoms with Gasteiger partial charge in [0, 0.05) is 24.7 Å². The largest absolute Gasteiger partial charge is 0.506 e. The first-order valence-electron chi connectivity index (χ1n) is 8.85. The molecule has 0 radical (unpaired) electrons. The number of hydrogen-bond donors (Lipinski definition) is 3. The number of halogens is 1. The summed E-state index contributed by atoms with van der Waals surface area (Å²) in [4.78, 5) is 14.4. The Balaban J connectivity index is 1.52. The number of anilines is 2. The number of phenols is 1. The van der Waals surface area contributed by atoms with Crippen LogP contribution in [0.25, 0.3) is 0 Å². The molecular formula is C20H22FN3O2S. The Bertz CT molecular complexity index is 851. The van der Waals surface area contributed by atoms with Gasteiger partial charge < -0.3 is 20.6 Å². The molecule has 3 N–H and O–H groups in total. The maximum absolute atomic E-state index is 13.7. The van der Waals surface area contributed by atoms with E-state index in [9.17, 15) is 14.3 Å². The molecule has 3 rings (SSSR count). The van der Waals surface area contributed by atoms with E-state index in [0.717, 1.165) is 0 Å². The van der Waals surface area contributed by atoms with Gasteiger partial charge in [-0.3, -0.25) is 4.79 Å². The van der Waals surface area contributed by atoms with Crippen molar-refractivity contribution in [2.45, 2.75) is 19.8 Å². The summed E-state index contributed by atoms with van der Waals surface area (Å²) in [5, 5.41) is 16.1. The third kappa shape index (κ3) is 4.74. The van der Waals surface area contributed by atoms with Crippen molar-refractivity contribution < 1.29 is 14.3 Å². The first-order chi connectivity index (χ1) is 12.9. The van der Waals surface area contributed by atoms with Gasteiger partial charge in [0.25, 0.3) is 0 Å². The van der Waals surface area contributed by atoms with Gasteiger partial charge in [-0.15, -0.1) is 0 Å². The fourth-order valence-electron chi connectivity index (χ4n) is 3.03. The molecule has 0 aromatic heterocycles. The van der Waals surface area contributed by atoms with Crippen molar-refractivity contribution in [2.24, 2.45) is 5.92 Å². The number of carbonyl (C=O) groups excluding carboxylic acids is 1. The van der Waals surface area contributed by atoms with Crippen LogP contribution >= 0.6 is 12.2 Å². The normalized spacial score (nSPS) is 14.7. The van der Waals surface area contributed by atoms with Crippen LogP contribution in [0.15, 0.2) is 42.5 Å². The number of carbonyl (C=O) groups is 1.